The molecule has 110 valence electrons. The first-order chi connectivity index (χ1) is 10.1. The molecule has 0 N–H and O–H groups in total. The van der Waals surface area contributed by atoms with E-state index in [1.54, 1.807) is 0 Å². The maximum atomic E-state index is 11.5. The van der Waals surface area contributed by atoms with E-state index in [4.69, 9.17) is 4.74 Å². The van der Waals surface area contributed by atoms with Gasteiger partial charge in [0.15, 0.2) is 6.54 Å². The fourth-order valence-electron chi connectivity index (χ4n) is 1.73. The first kappa shape index (κ1) is 14.6. The number of nitrogens with zero attached hydrogens (tertiary/aromatic N) is 4. The number of rotatable bonds is 7. The third kappa shape index (κ3) is 4.68. The summed E-state index contributed by atoms with van der Waals surface area (Å²) in [5, 5.41) is 13.9. The van der Waals surface area contributed by atoms with E-state index < -0.39 is 16.8 Å². The maximum absolute atomic E-state index is 11.5. The summed E-state index contributed by atoms with van der Waals surface area (Å²) in [7, 11) is 0. The van der Waals surface area contributed by atoms with Gasteiger partial charge in [0.25, 0.3) is 0 Å². The van der Waals surface area contributed by atoms with Crippen molar-refractivity contribution in [3.63, 3.8) is 0 Å². The first-order valence-corrected chi connectivity index (χ1v) is 6.38. The molecule has 1 heterocycles. The summed E-state index contributed by atoms with van der Waals surface area (Å²) in [6.45, 7) is 0.108. The molecule has 8 nitrogen and oxygen atoms in total. The third-order valence-corrected chi connectivity index (χ3v) is 2.69. The van der Waals surface area contributed by atoms with Crippen LogP contribution in [0.15, 0.2) is 36.7 Å². The van der Waals surface area contributed by atoms with Crippen molar-refractivity contribution >= 4 is 11.9 Å². The summed E-state index contributed by atoms with van der Waals surface area (Å²) in [6, 6.07) is 9.88. The van der Waals surface area contributed by atoms with Crippen LogP contribution in [0.25, 0.3) is 0 Å². The Kier molecular flexibility index (Phi) is 4.97. The van der Waals surface area contributed by atoms with E-state index in [0.717, 1.165) is 17.4 Å². The molecule has 0 aliphatic carbocycles. The van der Waals surface area contributed by atoms with Gasteiger partial charge in [-0.3, -0.25) is 0 Å². The Morgan fingerprint density at radius 2 is 2.10 bits per heavy atom. The van der Waals surface area contributed by atoms with Crippen LogP contribution in [-0.2, 0) is 22.5 Å². The number of aromatic nitrogens is 3. The zero-order chi connectivity index (χ0) is 15.1. The van der Waals surface area contributed by atoms with E-state index in [1.807, 2.05) is 30.3 Å². The van der Waals surface area contributed by atoms with Gasteiger partial charge >= 0.3 is 11.9 Å². The Morgan fingerprint density at radius 3 is 2.76 bits per heavy atom. The van der Waals surface area contributed by atoms with Crippen molar-refractivity contribution in [3.05, 3.63) is 52.3 Å². The Hall–Kier alpha value is -2.77. The van der Waals surface area contributed by atoms with E-state index >= 15 is 0 Å². The standard InChI is InChI=1S/C13H14N4O4/c18-12(9-16-10-14-13(15-16)17(19)20)21-8-4-7-11-5-2-1-3-6-11/h1-3,5-6,10H,4,7-9H2. The lowest BCUT2D eigenvalue weighted by Gasteiger charge is -2.03. The highest BCUT2D eigenvalue weighted by Gasteiger charge is 2.15. The second kappa shape index (κ2) is 7.13. The molecule has 8 heteroatoms. The van der Waals surface area contributed by atoms with Gasteiger partial charge in [-0.1, -0.05) is 35.3 Å². The average molecular weight is 290 g/mol. The number of carbonyl (C=O) groups is 1. The average Bonchev–Trinajstić information content (AvgIpc) is 2.93. The van der Waals surface area contributed by atoms with E-state index in [-0.39, 0.29) is 6.54 Å². The second-order valence-corrected chi connectivity index (χ2v) is 4.31. The molecule has 0 amide bonds. The molecule has 0 saturated heterocycles. The lowest BCUT2D eigenvalue weighted by atomic mass is 10.1. The molecule has 2 rings (SSSR count). The van der Waals surface area contributed by atoms with Crippen LogP contribution in [-0.4, -0.2) is 32.3 Å². The largest absolute Gasteiger partial charge is 0.490 e. The van der Waals surface area contributed by atoms with Crippen LogP contribution in [0.4, 0.5) is 5.95 Å². The number of ether oxygens (including phenoxy) is 1. The minimum atomic E-state index is -0.721. The fraction of sp³-hybridized carbons (Fsp3) is 0.308. The fourth-order valence-corrected chi connectivity index (χ4v) is 1.73. The van der Waals surface area contributed by atoms with E-state index in [2.05, 4.69) is 10.1 Å². The van der Waals surface area contributed by atoms with Gasteiger partial charge in [0.1, 0.15) is 0 Å². The van der Waals surface area contributed by atoms with Crippen LogP contribution in [0.1, 0.15) is 12.0 Å². The smallest absolute Gasteiger partial charge is 0.464 e. The number of nitro groups is 1. The van der Waals surface area contributed by atoms with Crippen molar-refractivity contribution < 1.29 is 14.5 Å². The predicted molar refractivity (Wildman–Crippen MR) is 72.4 cm³/mol. The topological polar surface area (TPSA) is 100 Å². The second-order valence-electron chi connectivity index (χ2n) is 4.31. The zero-order valence-electron chi connectivity index (χ0n) is 11.2. The van der Waals surface area contributed by atoms with Crippen LogP contribution >= 0.6 is 0 Å². The van der Waals surface area contributed by atoms with Crippen molar-refractivity contribution in [1.82, 2.24) is 14.8 Å². The Morgan fingerprint density at radius 1 is 1.33 bits per heavy atom. The molecule has 0 unspecified atom stereocenters. The number of carbonyl (C=O) groups excluding carboxylic acids is 1. The summed E-state index contributed by atoms with van der Waals surface area (Å²) >= 11 is 0. The number of hydrogen-bond acceptors (Lipinski definition) is 6. The summed E-state index contributed by atoms with van der Waals surface area (Å²) in [4.78, 5) is 24.6. The maximum Gasteiger partial charge on any atom is 0.490 e. The van der Waals surface area contributed by atoms with Crippen LogP contribution < -0.4 is 0 Å². The van der Waals surface area contributed by atoms with Crippen molar-refractivity contribution in [3.8, 4) is 0 Å². The summed E-state index contributed by atoms with van der Waals surface area (Å²) in [5.74, 6) is -1.03. The lowest BCUT2D eigenvalue weighted by Crippen LogP contribution is -2.15. The normalized spacial score (nSPS) is 10.3. The van der Waals surface area contributed by atoms with Crippen LogP contribution in [0, 0.1) is 10.1 Å². The first-order valence-electron chi connectivity index (χ1n) is 6.38. The number of aryl methyl sites for hydroxylation is 1. The Balaban J connectivity index is 1.68. The van der Waals surface area contributed by atoms with Crippen LogP contribution in [0.5, 0.6) is 0 Å². The molecular weight excluding hydrogens is 276 g/mol. The lowest BCUT2D eigenvalue weighted by molar-refractivity contribution is -0.394. The highest BCUT2D eigenvalue weighted by molar-refractivity contribution is 5.68. The van der Waals surface area contributed by atoms with Gasteiger partial charge < -0.3 is 14.9 Å². The van der Waals surface area contributed by atoms with Gasteiger partial charge in [-0.2, -0.15) is 4.68 Å². The summed E-state index contributed by atoms with van der Waals surface area (Å²) < 4.78 is 6.12. The Labute approximate surface area is 120 Å². The highest BCUT2D eigenvalue weighted by Crippen LogP contribution is 2.03. The van der Waals surface area contributed by atoms with Crippen molar-refractivity contribution in [1.29, 1.82) is 0 Å². The predicted octanol–water partition coefficient (Wildman–Crippen LogP) is 1.36. The number of benzene rings is 1. The minimum Gasteiger partial charge on any atom is -0.464 e. The van der Waals surface area contributed by atoms with E-state index in [1.165, 1.54) is 5.56 Å². The molecule has 0 radical (unpaired) electrons. The molecule has 2 aromatic rings. The molecule has 0 saturated carbocycles. The highest BCUT2D eigenvalue weighted by atomic mass is 16.6. The van der Waals surface area contributed by atoms with Crippen molar-refractivity contribution in [2.45, 2.75) is 19.4 Å². The van der Waals surface area contributed by atoms with E-state index in [9.17, 15) is 14.9 Å². The monoisotopic (exact) mass is 290 g/mol. The van der Waals surface area contributed by atoms with Gasteiger partial charge in [-0.25, -0.2) is 4.79 Å². The number of esters is 1. The van der Waals surface area contributed by atoms with Gasteiger partial charge in [0.05, 0.1) is 6.61 Å². The van der Waals surface area contributed by atoms with Gasteiger partial charge in [-0.05, 0) is 23.3 Å². The van der Waals surface area contributed by atoms with Crippen LogP contribution in [0.3, 0.4) is 0 Å². The molecule has 1 aromatic carbocycles. The van der Waals surface area contributed by atoms with Crippen molar-refractivity contribution in [2.24, 2.45) is 0 Å². The summed E-state index contributed by atoms with van der Waals surface area (Å²) in [6.07, 6.45) is 2.67. The molecule has 0 aliphatic heterocycles. The van der Waals surface area contributed by atoms with Gasteiger partial charge in [0, 0.05) is 5.10 Å². The third-order valence-electron chi connectivity index (χ3n) is 2.69. The van der Waals surface area contributed by atoms with Gasteiger partial charge in [0.2, 0.25) is 6.33 Å². The SMILES string of the molecule is O=C(Cn1cnc([N+](=O)[O-])n1)OCCCc1ccccc1. The molecule has 0 bridgehead atoms. The summed E-state index contributed by atoms with van der Waals surface area (Å²) in [5.41, 5.74) is 1.18. The molecule has 0 fully saturated rings. The van der Waals surface area contributed by atoms with E-state index in [0.29, 0.717) is 13.0 Å². The zero-order valence-corrected chi connectivity index (χ0v) is 11.2. The van der Waals surface area contributed by atoms with Gasteiger partial charge in [-0.15, -0.1) is 0 Å². The van der Waals surface area contributed by atoms with Crippen LogP contribution in [0.2, 0.25) is 0 Å². The Bertz CT molecular complexity index is 612. The van der Waals surface area contributed by atoms with Crippen molar-refractivity contribution in [2.75, 3.05) is 6.61 Å². The molecule has 0 aliphatic rings. The molecule has 1 aromatic heterocycles. The molecule has 0 spiro atoms. The number of hydrogen-bond donors (Lipinski definition) is 0. The molecule has 21 heavy (non-hydrogen) atoms. The quantitative estimate of drug-likeness (QED) is 0.330. The minimum absolute atomic E-state index is 0.188. The molecule has 0 atom stereocenters. The molecular formula is C13H14N4O4.